The first-order valence-corrected chi connectivity index (χ1v) is 5.02. The van der Waals surface area contributed by atoms with Crippen LogP contribution in [-0.2, 0) is 16.0 Å². The number of carbonyl (C=O) groups excluding carboxylic acids is 1. The summed E-state index contributed by atoms with van der Waals surface area (Å²) in [5.74, 6) is 0.890. The monoisotopic (exact) mass is 203 g/mol. The zero-order chi connectivity index (χ0) is 10.7. The molecule has 0 fully saturated rings. The number of benzene rings is 1. The van der Waals surface area contributed by atoms with Crippen molar-refractivity contribution in [3.63, 3.8) is 0 Å². The Labute approximate surface area is 88.8 Å². The van der Waals surface area contributed by atoms with Gasteiger partial charge in [0.1, 0.15) is 12.4 Å². The van der Waals surface area contributed by atoms with Gasteiger partial charge in [-0.3, -0.25) is 4.79 Å². The van der Waals surface area contributed by atoms with Crippen molar-refractivity contribution in [2.24, 2.45) is 4.99 Å². The second kappa shape index (κ2) is 4.26. The van der Waals surface area contributed by atoms with Gasteiger partial charge in [-0.25, -0.2) is 4.99 Å². The highest BCUT2D eigenvalue weighted by Gasteiger charge is 2.09. The molecule has 2 rings (SSSR count). The molecule has 0 saturated heterocycles. The summed E-state index contributed by atoms with van der Waals surface area (Å²) in [6.07, 6.45) is 0.494. The summed E-state index contributed by atoms with van der Waals surface area (Å²) < 4.78 is 5.34. The molecule has 0 amide bonds. The molecule has 3 heteroatoms. The van der Waals surface area contributed by atoms with Crippen LogP contribution in [0.2, 0.25) is 0 Å². The van der Waals surface area contributed by atoms with Gasteiger partial charge in [-0.1, -0.05) is 12.1 Å². The Kier molecular flexibility index (Phi) is 2.81. The molecule has 0 aliphatic carbocycles. The SMILES string of the molecule is CC(=O)Cc1ccc(C2=NCCO2)cc1. The van der Waals surface area contributed by atoms with Crippen LogP contribution in [0.1, 0.15) is 18.1 Å². The fourth-order valence-corrected chi connectivity index (χ4v) is 1.56. The van der Waals surface area contributed by atoms with Crippen LogP contribution in [0.3, 0.4) is 0 Å². The number of hydrogen-bond donors (Lipinski definition) is 0. The van der Waals surface area contributed by atoms with Crippen molar-refractivity contribution in [3.8, 4) is 0 Å². The van der Waals surface area contributed by atoms with Gasteiger partial charge < -0.3 is 4.74 Å². The summed E-state index contributed by atoms with van der Waals surface area (Å²) in [7, 11) is 0. The molecular formula is C12H13NO2. The minimum atomic E-state index is 0.178. The molecule has 1 aromatic carbocycles. The number of ether oxygens (including phenoxy) is 1. The maximum absolute atomic E-state index is 10.9. The molecule has 0 radical (unpaired) electrons. The highest BCUT2D eigenvalue weighted by Crippen LogP contribution is 2.10. The van der Waals surface area contributed by atoms with Crippen molar-refractivity contribution in [1.82, 2.24) is 0 Å². The molecule has 1 heterocycles. The van der Waals surface area contributed by atoms with Crippen LogP contribution in [-0.4, -0.2) is 24.8 Å². The van der Waals surface area contributed by atoms with E-state index in [1.807, 2.05) is 24.3 Å². The second-order valence-corrected chi connectivity index (χ2v) is 3.61. The van der Waals surface area contributed by atoms with Crippen LogP contribution in [0.15, 0.2) is 29.3 Å². The normalized spacial score (nSPS) is 14.6. The summed E-state index contributed by atoms with van der Waals surface area (Å²) in [6, 6.07) is 7.78. The Balaban J connectivity index is 2.13. The van der Waals surface area contributed by atoms with E-state index in [1.165, 1.54) is 0 Å². The lowest BCUT2D eigenvalue weighted by Gasteiger charge is -2.02. The van der Waals surface area contributed by atoms with E-state index in [2.05, 4.69) is 4.99 Å². The van der Waals surface area contributed by atoms with Crippen LogP contribution >= 0.6 is 0 Å². The fraction of sp³-hybridized carbons (Fsp3) is 0.333. The number of hydrogen-bond acceptors (Lipinski definition) is 3. The Bertz CT molecular complexity index is 393. The Morgan fingerprint density at radius 3 is 2.67 bits per heavy atom. The molecule has 3 nitrogen and oxygen atoms in total. The Hall–Kier alpha value is -1.64. The van der Waals surface area contributed by atoms with Crippen molar-refractivity contribution in [2.75, 3.05) is 13.2 Å². The van der Waals surface area contributed by atoms with Gasteiger partial charge in [0.25, 0.3) is 0 Å². The molecule has 0 aromatic heterocycles. The summed E-state index contributed by atoms with van der Waals surface area (Å²) in [5, 5.41) is 0. The zero-order valence-electron chi connectivity index (χ0n) is 8.69. The van der Waals surface area contributed by atoms with Gasteiger partial charge in [0, 0.05) is 12.0 Å². The molecule has 1 aliphatic rings. The van der Waals surface area contributed by atoms with Crippen LogP contribution in [0.4, 0.5) is 0 Å². The largest absolute Gasteiger partial charge is 0.476 e. The minimum Gasteiger partial charge on any atom is -0.476 e. The van der Waals surface area contributed by atoms with Crippen LogP contribution in [0.25, 0.3) is 0 Å². The summed E-state index contributed by atoms with van der Waals surface area (Å²) in [4.78, 5) is 15.1. The van der Waals surface area contributed by atoms with Gasteiger partial charge in [-0.05, 0) is 24.6 Å². The molecule has 0 unspecified atom stereocenters. The van der Waals surface area contributed by atoms with E-state index in [4.69, 9.17) is 4.74 Å². The van der Waals surface area contributed by atoms with Crippen molar-refractivity contribution in [2.45, 2.75) is 13.3 Å². The maximum atomic E-state index is 10.9. The average molecular weight is 203 g/mol. The van der Waals surface area contributed by atoms with E-state index < -0.39 is 0 Å². The van der Waals surface area contributed by atoms with E-state index in [9.17, 15) is 4.79 Å². The van der Waals surface area contributed by atoms with Crippen molar-refractivity contribution in [1.29, 1.82) is 0 Å². The molecule has 0 atom stereocenters. The standard InChI is InChI=1S/C12H13NO2/c1-9(14)8-10-2-4-11(5-3-10)12-13-6-7-15-12/h2-5H,6-8H2,1H3. The molecular weight excluding hydrogens is 190 g/mol. The van der Waals surface area contributed by atoms with Gasteiger partial charge in [-0.2, -0.15) is 0 Å². The van der Waals surface area contributed by atoms with E-state index >= 15 is 0 Å². The van der Waals surface area contributed by atoms with Crippen LogP contribution < -0.4 is 0 Å². The first kappa shape index (κ1) is 9.90. The van der Waals surface area contributed by atoms with Gasteiger partial charge in [0.05, 0.1) is 6.54 Å². The number of Topliss-reactive ketones (excluding diaryl/α,β-unsaturated/α-hetero) is 1. The Morgan fingerprint density at radius 2 is 2.13 bits per heavy atom. The van der Waals surface area contributed by atoms with Gasteiger partial charge in [-0.15, -0.1) is 0 Å². The first-order valence-electron chi connectivity index (χ1n) is 5.02. The highest BCUT2D eigenvalue weighted by molar-refractivity contribution is 5.95. The van der Waals surface area contributed by atoms with Gasteiger partial charge in [0.15, 0.2) is 0 Å². The van der Waals surface area contributed by atoms with Gasteiger partial charge >= 0.3 is 0 Å². The predicted molar refractivity (Wildman–Crippen MR) is 58.2 cm³/mol. The first-order chi connectivity index (χ1) is 7.25. The third-order valence-electron chi connectivity index (χ3n) is 2.24. The van der Waals surface area contributed by atoms with E-state index in [0.717, 1.165) is 17.7 Å². The van der Waals surface area contributed by atoms with Crippen molar-refractivity contribution >= 4 is 11.7 Å². The summed E-state index contributed by atoms with van der Waals surface area (Å²) in [6.45, 7) is 3.01. The lowest BCUT2D eigenvalue weighted by atomic mass is 10.1. The van der Waals surface area contributed by atoms with E-state index in [1.54, 1.807) is 6.92 Å². The predicted octanol–water partition coefficient (Wildman–Crippen LogP) is 1.59. The van der Waals surface area contributed by atoms with Crippen LogP contribution in [0, 0.1) is 0 Å². The molecule has 78 valence electrons. The number of ketones is 1. The second-order valence-electron chi connectivity index (χ2n) is 3.61. The van der Waals surface area contributed by atoms with Crippen LogP contribution in [0.5, 0.6) is 0 Å². The lowest BCUT2D eigenvalue weighted by Crippen LogP contribution is -2.02. The molecule has 15 heavy (non-hydrogen) atoms. The smallest absolute Gasteiger partial charge is 0.216 e. The Morgan fingerprint density at radius 1 is 1.40 bits per heavy atom. The van der Waals surface area contributed by atoms with Gasteiger partial charge in [0.2, 0.25) is 5.90 Å². The fourth-order valence-electron chi connectivity index (χ4n) is 1.56. The third kappa shape index (κ3) is 2.43. The van der Waals surface area contributed by atoms with Crippen molar-refractivity contribution < 1.29 is 9.53 Å². The molecule has 1 aliphatic heterocycles. The zero-order valence-corrected chi connectivity index (χ0v) is 8.69. The topological polar surface area (TPSA) is 38.7 Å². The molecule has 0 saturated carbocycles. The molecule has 0 spiro atoms. The lowest BCUT2D eigenvalue weighted by molar-refractivity contribution is -0.116. The van der Waals surface area contributed by atoms with E-state index in [0.29, 0.717) is 18.9 Å². The number of carbonyl (C=O) groups is 1. The molecule has 0 bridgehead atoms. The quantitative estimate of drug-likeness (QED) is 0.748. The van der Waals surface area contributed by atoms with E-state index in [-0.39, 0.29) is 5.78 Å². The van der Waals surface area contributed by atoms with Crippen molar-refractivity contribution in [3.05, 3.63) is 35.4 Å². The highest BCUT2D eigenvalue weighted by atomic mass is 16.5. The number of nitrogens with zero attached hydrogens (tertiary/aromatic N) is 1. The third-order valence-corrected chi connectivity index (χ3v) is 2.24. The number of rotatable bonds is 3. The maximum Gasteiger partial charge on any atom is 0.216 e. The summed E-state index contributed by atoms with van der Waals surface area (Å²) >= 11 is 0. The summed E-state index contributed by atoms with van der Waals surface area (Å²) in [5.41, 5.74) is 2.02. The average Bonchev–Trinajstić information content (AvgIpc) is 2.71. The molecule has 0 N–H and O–H groups in total. The minimum absolute atomic E-state index is 0.178. The number of aliphatic imine (C=N–C) groups is 1. The molecule has 1 aromatic rings.